The molecule has 2 rings (SSSR count). The molecular weight excluding hydrogens is 373 g/mol. The highest BCUT2D eigenvalue weighted by Gasteiger charge is 2.11. The van der Waals surface area contributed by atoms with Crippen LogP contribution in [-0.4, -0.2) is 26.5 Å². The topological polar surface area (TPSA) is 118 Å². The predicted molar refractivity (Wildman–Crippen MR) is 102 cm³/mol. The van der Waals surface area contributed by atoms with Gasteiger partial charge in [-0.1, -0.05) is 12.1 Å². The van der Waals surface area contributed by atoms with E-state index in [9.17, 15) is 22.4 Å². The molecule has 0 aliphatic carbocycles. The smallest absolute Gasteiger partial charge is 0.248 e. The van der Waals surface area contributed by atoms with Gasteiger partial charge in [-0.05, 0) is 42.8 Å². The third kappa shape index (κ3) is 5.93. The summed E-state index contributed by atoms with van der Waals surface area (Å²) >= 11 is 0. The maximum atomic E-state index is 13.8. The van der Waals surface area contributed by atoms with E-state index in [1.165, 1.54) is 25.1 Å². The molecule has 0 aliphatic rings. The lowest BCUT2D eigenvalue weighted by Gasteiger charge is -2.09. The predicted octanol–water partition coefficient (Wildman–Crippen LogP) is 2.26. The molecule has 2 amide bonds. The molecule has 7 nitrogen and oxygen atoms in total. The molecule has 2 aromatic carbocycles. The van der Waals surface area contributed by atoms with Gasteiger partial charge in [0.15, 0.2) is 0 Å². The molecule has 0 saturated heterocycles. The van der Waals surface area contributed by atoms with Crippen LogP contribution in [0.15, 0.2) is 42.5 Å². The molecule has 0 unspecified atom stereocenters. The van der Waals surface area contributed by atoms with Crippen molar-refractivity contribution in [1.82, 2.24) is 0 Å². The second-order valence-electron chi connectivity index (χ2n) is 5.81. The number of amides is 2. The Morgan fingerprint density at radius 1 is 1.15 bits per heavy atom. The van der Waals surface area contributed by atoms with Crippen molar-refractivity contribution in [2.45, 2.75) is 6.92 Å². The first kappa shape index (κ1) is 20.1. The van der Waals surface area contributed by atoms with E-state index in [1.54, 1.807) is 24.3 Å². The first-order chi connectivity index (χ1) is 12.5. The number of nitrogens with one attached hydrogen (secondary N) is 2. The summed E-state index contributed by atoms with van der Waals surface area (Å²) in [5.41, 5.74) is 6.46. The minimum absolute atomic E-state index is 0.0497. The Morgan fingerprint density at radius 2 is 1.78 bits per heavy atom. The van der Waals surface area contributed by atoms with Crippen LogP contribution >= 0.6 is 0 Å². The van der Waals surface area contributed by atoms with E-state index in [4.69, 9.17) is 5.73 Å². The van der Waals surface area contributed by atoms with Gasteiger partial charge in [0.2, 0.25) is 21.8 Å². The molecule has 142 valence electrons. The van der Waals surface area contributed by atoms with E-state index >= 15 is 0 Å². The van der Waals surface area contributed by atoms with Gasteiger partial charge in [0.1, 0.15) is 5.82 Å². The van der Waals surface area contributed by atoms with Crippen LogP contribution in [-0.2, 0) is 14.8 Å². The molecule has 0 bridgehead atoms. The van der Waals surface area contributed by atoms with Crippen LogP contribution in [0.3, 0.4) is 0 Å². The monoisotopic (exact) mass is 391 g/mol. The van der Waals surface area contributed by atoms with E-state index in [-0.39, 0.29) is 16.8 Å². The summed E-state index contributed by atoms with van der Waals surface area (Å²) in [7, 11) is -3.36. The van der Waals surface area contributed by atoms with Crippen LogP contribution in [0.5, 0.6) is 0 Å². The minimum Gasteiger partial charge on any atom is -0.366 e. The minimum atomic E-state index is -3.36. The lowest BCUT2D eigenvalue weighted by molar-refractivity contribution is -0.111. The highest BCUT2D eigenvalue weighted by atomic mass is 32.2. The molecule has 0 radical (unpaired) electrons. The van der Waals surface area contributed by atoms with Crippen molar-refractivity contribution in [3.63, 3.8) is 0 Å². The zero-order valence-corrected chi connectivity index (χ0v) is 15.4. The number of carbonyl (C=O) groups excluding carboxylic acids is 2. The highest BCUT2D eigenvalue weighted by Crippen LogP contribution is 2.21. The summed E-state index contributed by atoms with van der Waals surface area (Å²) in [6.07, 6.45) is 3.78. The van der Waals surface area contributed by atoms with Gasteiger partial charge in [0.05, 0.1) is 6.26 Å². The second kappa shape index (κ2) is 8.00. The van der Waals surface area contributed by atoms with E-state index in [0.29, 0.717) is 11.3 Å². The fraction of sp³-hybridized carbons (Fsp3) is 0.111. The summed E-state index contributed by atoms with van der Waals surface area (Å²) in [5, 5.41) is 2.49. The molecule has 0 saturated carbocycles. The first-order valence-corrected chi connectivity index (χ1v) is 9.61. The third-order valence-corrected chi connectivity index (χ3v) is 4.13. The maximum absolute atomic E-state index is 13.8. The molecule has 27 heavy (non-hydrogen) atoms. The van der Waals surface area contributed by atoms with Gasteiger partial charge in [-0.3, -0.25) is 14.3 Å². The van der Waals surface area contributed by atoms with Gasteiger partial charge < -0.3 is 11.1 Å². The lowest BCUT2D eigenvalue weighted by Crippen LogP contribution is -2.15. The zero-order valence-electron chi connectivity index (χ0n) is 14.6. The van der Waals surface area contributed by atoms with E-state index in [1.807, 2.05) is 0 Å². The van der Waals surface area contributed by atoms with Gasteiger partial charge in [0.25, 0.3) is 0 Å². The Labute approximate surface area is 156 Å². The maximum Gasteiger partial charge on any atom is 0.248 e. The molecule has 9 heteroatoms. The number of rotatable bonds is 6. The van der Waals surface area contributed by atoms with E-state index in [2.05, 4.69) is 10.0 Å². The van der Waals surface area contributed by atoms with Crippen LogP contribution in [0.2, 0.25) is 0 Å². The van der Waals surface area contributed by atoms with Crippen LogP contribution in [0.1, 0.15) is 21.5 Å². The summed E-state index contributed by atoms with van der Waals surface area (Å²) in [6, 6.07) is 8.65. The van der Waals surface area contributed by atoms with Crippen molar-refractivity contribution in [3.05, 3.63) is 65.0 Å². The van der Waals surface area contributed by atoms with E-state index < -0.39 is 27.7 Å². The fourth-order valence-electron chi connectivity index (χ4n) is 2.17. The van der Waals surface area contributed by atoms with Crippen molar-refractivity contribution in [2.24, 2.45) is 5.73 Å². The zero-order chi connectivity index (χ0) is 20.2. The number of hydrogen-bond acceptors (Lipinski definition) is 4. The van der Waals surface area contributed by atoms with Crippen molar-refractivity contribution in [2.75, 3.05) is 16.3 Å². The normalized spacial score (nSPS) is 11.4. The highest BCUT2D eigenvalue weighted by molar-refractivity contribution is 7.92. The summed E-state index contributed by atoms with van der Waals surface area (Å²) in [4.78, 5) is 23.3. The standard InChI is InChI=1S/C18H18FN3O4S/c1-11-15(19)9-13(18(20)24)10-16(11)21-17(23)8-5-12-3-6-14(7-4-12)22-27(2,25)26/h3-10,22H,1-2H3,(H2,20,24)(H,21,23)/b8-5+. The van der Waals surface area contributed by atoms with Crippen LogP contribution in [0, 0.1) is 12.7 Å². The molecule has 0 fully saturated rings. The number of hydrogen-bond donors (Lipinski definition) is 3. The Kier molecular flexibility index (Phi) is 5.96. The lowest BCUT2D eigenvalue weighted by atomic mass is 10.1. The van der Waals surface area contributed by atoms with Gasteiger partial charge in [-0.25, -0.2) is 12.8 Å². The second-order valence-corrected chi connectivity index (χ2v) is 7.56. The molecule has 0 heterocycles. The average Bonchev–Trinajstić information content (AvgIpc) is 2.56. The number of sulfonamides is 1. The van der Waals surface area contributed by atoms with Crippen LogP contribution in [0.25, 0.3) is 6.08 Å². The van der Waals surface area contributed by atoms with Gasteiger partial charge in [-0.15, -0.1) is 0 Å². The van der Waals surface area contributed by atoms with Crippen LogP contribution in [0.4, 0.5) is 15.8 Å². The molecular formula is C18H18FN3O4S. The Bertz CT molecular complexity index is 1020. The quantitative estimate of drug-likeness (QED) is 0.655. The first-order valence-electron chi connectivity index (χ1n) is 7.72. The SMILES string of the molecule is Cc1c(F)cc(C(N)=O)cc1NC(=O)/C=C/c1ccc(NS(C)(=O)=O)cc1. The van der Waals surface area contributed by atoms with Crippen LogP contribution < -0.4 is 15.8 Å². The molecule has 0 atom stereocenters. The number of carbonyl (C=O) groups is 2. The summed E-state index contributed by atoms with van der Waals surface area (Å²) < 4.78 is 38.5. The number of benzene rings is 2. The van der Waals surface area contributed by atoms with Gasteiger partial charge in [0, 0.05) is 28.6 Å². The number of nitrogens with two attached hydrogens (primary N) is 1. The van der Waals surface area contributed by atoms with Gasteiger partial charge >= 0.3 is 0 Å². The Morgan fingerprint density at radius 3 is 2.33 bits per heavy atom. The van der Waals surface area contributed by atoms with E-state index in [0.717, 1.165) is 12.3 Å². The molecule has 0 aliphatic heterocycles. The number of primary amides is 1. The van der Waals surface area contributed by atoms with Crippen molar-refractivity contribution < 1.29 is 22.4 Å². The molecule has 2 aromatic rings. The number of halogens is 1. The largest absolute Gasteiger partial charge is 0.366 e. The average molecular weight is 391 g/mol. The van der Waals surface area contributed by atoms with Gasteiger partial charge in [-0.2, -0.15) is 0 Å². The summed E-state index contributed by atoms with van der Waals surface area (Å²) in [6.45, 7) is 1.47. The van der Waals surface area contributed by atoms with Crippen molar-refractivity contribution in [3.8, 4) is 0 Å². The Balaban J connectivity index is 2.11. The van der Waals surface area contributed by atoms with Crippen molar-refractivity contribution >= 4 is 39.3 Å². The molecule has 4 N–H and O–H groups in total. The fourth-order valence-corrected chi connectivity index (χ4v) is 2.74. The Hall–Kier alpha value is -3.20. The summed E-state index contributed by atoms with van der Waals surface area (Å²) in [5.74, 6) is -1.99. The number of anilines is 2. The van der Waals surface area contributed by atoms with Crippen molar-refractivity contribution in [1.29, 1.82) is 0 Å². The molecule has 0 spiro atoms. The molecule has 0 aromatic heterocycles. The third-order valence-electron chi connectivity index (χ3n) is 3.53.